The summed E-state index contributed by atoms with van der Waals surface area (Å²) >= 11 is 0. The number of carbonyl (C=O) groups is 1. The molecule has 142 valence electrons. The van der Waals surface area contributed by atoms with Gasteiger partial charge in [0.1, 0.15) is 11.3 Å². The number of nitrogens with one attached hydrogen (secondary N) is 2. The predicted octanol–water partition coefficient (Wildman–Crippen LogP) is 5.11. The van der Waals surface area contributed by atoms with Gasteiger partial charge < -0.3 is 15.1 Å². The van der Waals surface area contributed by atoms with Crippen LogP contribution in [0.2, 0.25) is 0 Å². The van der Waals surface area contributed by atoms with Gasteiger partial charge in [-0.15, -0.1) is 0 Å². The molecule has 0 fully saturated rings. The van der Waals surface area contributed by atoms with Gasteiger partial charge in [0.05, 0.1) is 12.6 Å². The average molecular weight is 372 g/mol. The zero-order valence-corrected chi connectivity index (χ0v) is 16.1. The lowest BCUT2D eigenvalue weighted by Gasteiger charge is -2.17. The highest BCUT2D eigenvalue weighted by Gasteiger charge is 2.15. The second-order valence-electron chi connectivity index (χ2n) is 7.15. The number of amides is 1. The van der Waals surface area contributed by atoms with Crippen LogP contribution < -0.4 is 10.6 Å². The van der Waals surface area contributed by atoms with Crippen LogP contribution in [0.15, 0.2) is 77.2 Å². The van der Waals surface area contributed by atoms with E-state index in [1.807, 2.05) is 49.4 Å². The maximum absolute atomic E-state index is 12.4. The smallest absolute Gasteiger partial charge is 0.234 e. The molecule has 28 heavy (non-hydrogen) atoms. The highest BCUT2D eigenvalue weighted by Crippen LogP contribution is 2.25. The number of benzene rings is 3. The van der Waals surface area contributed by atoms with Gasteiger partial charge in [-0.2, -0.15) is 0 Å². The predicted molar refractivity (Wildman–Crippen MR) is 113 cm³/mol. The van der Waals surface area contributed by atoms with Crippen molar-refractivity contribution in [3.05, 3.63) is 84.1 Å². The largest absolute Gasteiger partial charge is 0.459 e. The van der Waals surface area contributed by atoms with Gasteiger partial charge >= 0.3 is 0 Å². The average Bonchev–Trinajstić information content (AvgIpc) is 3.16. The highest BCUT2D eigenvalue weighted by molar-refractivity contribution is 5.86. The summed E-state index contributed by atoms with van der Waals surface area (Å²) < 4.78 is 5.84. The van der Waals surface area contributed by atoms with Gasteiger partial charge in [0, 0.05) is 11.4 Å². The van der Waals surface area contributed by atoms with Gasteiger partial charge in [0.2, 0.25) is 5.91 Å². The van der Waals surface area contributed by atoms with Crippen molar-refractivity contribution in [1.29, 1.82) is 0 Å². The maximum Gasteiger partial charge on any atom is 0.234 e. The number of furan rings is 1. The molecule has 0 spiro atoms. The molecule has 4 rings (SSSR count). The first-order valence-electron chi connectivity index (χ1n) is 9.60. The molecule has 0 unspecified atom stereocenters. The van der Waals surface area contributed by atoms with Gasteiger partial charge in [0.15, 0.2) is 0 Å². The summed E-state index contributed by atoms with van der Waals surface area (Å²) in [5.74, 6) is 0.705. The van der Waals surface area contributed by atoms with Crippen LogP contribution in [-0.4, -0.2) is 12.5 Å². The molecule has 3 aromatic carbocycles. The summed E-state index contributed by atoms with van der Waals surface area (Å²) in [4.78, 5) is 12.4. The Morgan fingerprint density at radius 2 is 1.61 bits per heavy atom. The number of hydrogen-bond donors (Lipinski definition) is 2. The third-order valence-electron chi connectivity index (χ3n) is 5.11. The van der Waals surface area contributed by atoms with Crippen molar-refractivity contribution in [2.75, 3.05) is 6.54 Å². The van der Waals surface area contributed by atoms with Crippen molar-refractivity contribution >= 4 is 27.6 Å². The molecule has 1 heterocycles. The quantitative estimate of drug-likeness (QED) is 0.494. The Morgan fingerprint density at radius 1 is 0.893 bits per heavy atom. The zero-order chi connectivity index (χ0) is 19.5. The molecule has 0 aliphatic heterocycles. The van der Waals surface area contributed by atoms with Crippen LogP contribution >= 0.6 is 0 Å². The van der Waals surface area contributed by atoms with E-state index in [9.17, 15) is 4.79 Å². The maximum atomic E-state index is 12.4. The molecule has 4 aromatic rings. The van der Waals surface area contributed by atoms with Crippen molar-refractivity contribution in [2.24, 2.45) is 0 Å². The van der Waals surface area contributed by atoms with E-state index < -0.39 is 0 Å². The van der Waals surface area contributed by atoms with Gasteiger partial charge in [-0.3, -0.25) is 4.79 Å². The molecule has 1 aromatic heterocycles. The summed E-state index contributed by atoms with van der Waals surface area (Å²) in [6, 6.07) is 24.3. The van der Waals surface area contributed by atoms with Crippen molar-refractivity contribution < 1.29 is 9.21 Å². The van der Waals surface area contributed by atoms with Crippen molar-refractivity contribution in [2.45, 2.75) is 25.9 Å². The Labute approximate surface area is 164 Å². The zero-order valence-electron chi connectivity index (χ0n) is 16.1. The first-order valence-corrected chi connectivity index (χ1v) is 9.60. The number of para-hydroxylation sites is 1. The molecule has 0 bridgehead atoms. The van der Waals surface area contributed by atoms with Gasteiger partial charge in [-0.25, -0.2) is 0 Å². The second kappa shape index (κ2) is 7.87. The summed E-state index contributed by atoms with van der Waals surface area (Å²) in [5.41, 5.74) is 2.03. The minimum absolute atomic E-state index is 0.0555. The molecule has 2 N–H and O–H groups in total. The molecule has 0 saturated heterocycles. The molecule has 1 amide bonds. The Morgan fingerprint density at radius 3 is 2.43 bits per heavy atom. The fourth-order valence-electron chi connectivity index (χ4n) is 3.56. The molecule has 4 heteroatoms. The van der Waals surface area contributed by atoms with E-state index in [2.05, 4.69) is 47.9 Å². The number of hydrogen-bond acceptors (Lipinski definition) is 3. The minimum atomic E-state index is -0.186. The van der Waals surface area contributed by atoms with Crippen molar-refractivity contribution in [3.8, 4) is 0 Å². The molecular formula is C24H24N2O2. The van der Waals surface area contributed by atoms with Gasteiger partial charge in [-0.1, -0.05) is 60.7 Å². The molecular weight excluding hydrogens is 348 g/mol. The van der Waals surface area contributed by atoms with Crippen LogP contribution in [0.5, 0.6) is 0 Å². The number of fused-ring (bicyclic) bond motifs is 2. The Hall–Kier alpha value is -3.11. The standard InChI is InChI=1S/C24H24N2O2/c1-16(20-12-7-10-18-8-3-5-11-21(18)20)25-15-24(27)26-17(2)23-14-19-9-4-6-13-22(19)28-23/h3-14,16-17,25H,15H2,1-2H3,(H,26,27)/t16-,17-/m0/s1. The molecule has 2 atom stereocenters. The van der Waals surface area contributed by atoms with E-state index in [-0.39, 0.29) is 24.5 Å². The van der Waals surface area contributed by atoms with Crippen LogP contribution in [0.25, 0.3) is 21.7 Å². The lowest BCUT2D eigenvalue weighted by molar-refractivity contribution is -0.121. The topological polar surface area (TPSA) is 54.3 Å². The second-order valence-corrected chi connectivity index (χ2v) is 7.15. The van der Waals surface area contributed by atoms with Crippen LogP contribution in [0.3, 0.4) is 0 Å². The van der Waals surface area contributed by atoms with Gasteiger partial charge in [-0.05, 0) is 42.3 Å². The highest BCUT2D eigenvalue weighted by atomic mass is 16.3. The lowest BCUT2D eigenvalue weighted by atomic mass is 10.00. The Bertz CT molecular complexity index is 1080. The van der Waals surface area contributed by atoms with Crippen LogP contribution in [0.1, 0.15) is 37.3 Å². The monoisotopic (exact) mass is 372 g/mol. The van der Waals surface area contributed by atoms with Crippen LogP contribution in [0.4, 0.5) is 0 Å². The molecule has 0 radical (unpaired) electrons. The SMILES string of the molecule is C[C@H](NC(=O)CN[C@@H](C)c1cccc2ccccc12)c1cc2ccccc2o1. The minimum Gasteiger partial charge on any atom is -0.459 e. The normalized spacial score (nSPS) is 13.5. The van der Waals surface area contributed by atoms with E-state index in [0.29, 0.717) is 0 Å². The number of rotatable bonds is 6. The summed E-state index contributed by atoms with van der Waals surface area (Å²) in [5, 5.41) is 9.79. The van der Waals surface area contributed by atoms with Crippen LogP contribution in [-0.2, 0) is 4.79 Å². The first kappa shape index (κ1) is 18.3. The fraction of sp³-hybridized carbons (Fsp3) is 0.208. The third-order valence-corrected chi connectivity index (χ3v) is 5.11. The van der Waals surface area contributed by atoms with E-state index in [0.717, 1.165) is 16.7 Å². The summed E-state index contributed by atoms with van der Waals surface area (Å²) in [7, 11) is 0. The molecule has 0 aliphatic rings. The first-order chi connectivity index (χ1) is 13.6. The van der Waals surface area contributed by atoms with Crippen LogP contribution in [0, 0.1) is 0 Å². The van der Waals surface area contributed by atoms with E-state index in [1.165, 1.54) is 16.3 Å². The van der Waals surface area contributed by atoms with Crippen molar-refractivity contribution in [1.82, 2.24) is 10.6 Å². The van der Waals surface area contributed by atoms with Gasteiger partial charge in [0.25, 0.3) is 0 Å². The molecule has 0 aliphatic carbocycles. The number of carbonyl (C=O) groups excluding carboxylic acids is 1. The molecule has 4 nitrogen and oxygen atoms in total. The Kier molecular flexibility index (Phi) is 5.13. The van der Waals surface area contributed by atoms with E-state index >= 15 is 0 Å². The van der Waals surface area contributed by atoms with E-state index in [4.69, 9.17) is 4.42 Å². The Balaban J connectivity index is 1.38. The summed E-state index contributed by atoms with van der Waals surface area (Å²) in [6.07, 6.45) is 0. The molecule has 0 saturated carbocycles. The third kappa shape index (κ3) is 3.78. The summed E-state index contributed by atoms with van der Waals surface area (Å²) in [6.45, 7) is 4.26. The van der Waals surface area contributed by atoms with Crippen molar-refractivity contribution in [3.63, 3.8) is 0 Å². The fourth-order valence-corrected chi connectivity index (χ4v) is 3.56. The lowest BCUT2D eigenvalue weighted by Crippen LogP contribution is -2.36. The van der Waals surface area contributed by atoms with E-state index in [1.54, 1.807) is 0 Å².